The van der Waals surface area contributed by atoms with Crippen molar-refractivity contribution in [3.8, 4) is 11.4 Å². The summed E-state index contributed by atoms with van der Waals surface area (Å²) in [6, 6.07) is 15.7. The van der Waals surface area contributed by atoms with E-state index in [0.717, 1.165) is 29.1 Å². The van der Waals surface area contributed by atoms with Gasteiger partial charge in [-0.2, -0.15) is 0 Å². The van der Waals surface area contributed by atoms with Gasteiger partial charge in [0.15, 0.2) is 5.96 Å². The number of hydrogen-bond acceptors (Lipinski definition) is 4. The number of halogens is 1. The minimum absolute atomic E-state index is 0. The number of guanidine groups is 1. The summed E-state index contributed by atoms with van der Waals surface area (Å²) in [5, 5.41) is 17.1. The number of para-hydroxylation sites is 1. The molecule has 7 nitrogen and oxygen atoms in total. The average Bonchev–Trinajstić information content (AvgIpc) is 3.30. The normalized spacial score (nSPS) is 12.2. The van der Waals surface area contributed by atoms with Crippen molar-refractivity contribution < 1.29 is 9.84 Å². The van der Waals surface area contributed by atoms with Crippen molar-refractivity contribution in [3.05, 3.63) is 78.4 Å². The Morgan fingerprint density at radius 3 is 2.69 bits per heavy atom. The Balaban J connectivity index is 0.00000363. The zero-order valence-electron chi connectivity index (χ0n) is 18.7. The van der Waals surface area contributed by atoms with Crippen molar-refractivity contribution in [1.82, 2.24) is 20.2 Å². The molecule has 1 aromatic heterocycles. The number of rotatable bonds is 9. The highest BCUT2D eigenvalue weighted by Gasteiger charge is 2.11. The second kappa shape index (κ2) is 13.1. The first-order chi connectivity index (χ1) is 15.1. The number of imidazole rings is 1. The first-order valence-electron chi connectivity index (χ1n) is 10.6. The monoisotopic (exact) mass is 549 g/mol. The van der Waals surface area contributed by atoms with Crippen LogP contribution in [-0.2, 0) is 6.54 Å². The molecule has 3 aromatic rings. The van der Waals surface area contributed by atoms with Gasteiger partial charge in [0.25, 0.3) is 0 Å². The van der Waals surface area contributed by atoms with Gasteiger partial charge in [-0.15, -0.1) is 24.0 Å². The third-order valence-electron chi connectivity index (χ3n) is 4.60. The van der Waals surface area contributed by atoms with E-state index in [2.05, 4.69) is 21.7 Å². The van der Waals surface area contributed by atoms with Crippen molar-refractivity contribution >= 4 is 29.9 Å². The summed E-state index contributed by atoms with van der Waals surface area (Å²) in [7, 11) is 0. The lowest BCUT2D eigenvalue weighted by molar-refractivity contribution is 0.179. The molecule has 32 heavy (non-hydrogen) atoms. The van der Waals surface area contributed by atoms with Crippen molar-refractivity contribution in [2.24, 2.45) is 4.99 Å². The lowest BCUT2D eigenvalue weighted by atomic mass is 10.1. The minimum Gasteiger partial charge on any atom is -0.491 e. The van der Waals surface area contributed by atoms with Crippen LogP contribution in [0.3, 0.4) is 0 Å². The second-order valence-corrected chi connectivity index (χ2v) is 7.43. The number of hydrogen-bond donors (Lipinski definition) is 3. The Labute approximate surface area is 207 Å². The first kappa shape index (κ1) is 25.7. The Morgan fingerprint density at radius 2 is 1.97 bits per heavy atom. The molecule has 0 amide bonds. The van der Waals surface area contributed by atoms with Crippen molar-refractivity contribution in [3.63, 3.8) is 0 Å². The van der Waals surface area contributed by atoms with E-state index in [1.54, 1.807) is 12.5 Å². The zero-order chi connectivity index (χ0) is 22.1. The van der Waals surface area contributed by atoms with Crippen LogP contribution in [0, 0.1) is 0 Å². The van der Waals surface area contributed by atoms with Crippen LogP contribution in [0.1, 0.15) is 38.0 Å². The predicted molar refractivity (Wildman–Crippen MR) is 139 cm³/mol. The van der Waals surface area contributed by atoms with Crippen LogP contribution >= 0.6 is 24.0 Å². The molecule has 0 aliphatic rings. The van der Waals surface area contributed by atoms with E-state index in [0.29, 0.717) is 19.0 Å². The van der Waals surface area contributed by atoms with Gasteiger partial charge in [-0.25, -0.2) is 9.98 Å². The van der Waals surface area contributed by atoms with Gasteiger partial charge >= 0.3 is 0 Å². The van der Waals surface area contributed by atoms with Crippen molar-refractivity contribution in [2.75, 3.05) is 13.1 Å². The van der Waals surface area contributed by atoms with E-state index < -0.39 is 6.10 Å². The van der Waals surface area contributed by atoms with Crippen molar-refractivity contribution in [2.45, 2.75) is 39.5 Å². The van der Waals surface area contributed by atoms with E-state index in [9.17, 15) is 5.11 Å². The quantitative estimate of drug-likeness (QED) is 0.213. The van der Waals surface area contributed by atoms with Gasteiger partial charge in [0.05, 0.1) is 30.8 Å². The summed E-state index contributed by atoms with van der Waals surface area (Å²) in [4.78, 5) is 8.83. The Morgan fingerprint density at radius 1 is 1.16 bits per heavy atom. The Hall–Kier alpha value is -2.59. The molecule has 0 bridgehead atoms. The van der Waals surface area contributed by atoms with Gasteiger partial charge in [0.2, 0.25) is 0 Å². The van der Waals surface area contributed by atoms with Crippen LogP contribution in [0.4, 0.5) is 0 Å². The number of aliphatic hydroxyl groups is 1. The fourth-order valence-corrected chi connectivity index (χ4v) is 3.18. The number of aliphatic imine (C=N–C) groups is 1. The lowest BCUT2D eigenvalue weighted by Gasteiger charge is -2.17. The van der Waals surface area contributed by atoms with Gasteiger partial charge in [-0.3, -0.25) is 0 Å². The largest absolute Gasteiger partial charge is 0.491 e. The molecule has 1 heterocycles. The highest BCUT2D eigenvalue weighted by atomic mass is 127. The molecule has 8 heteroatoms. The zero-order valence-corrected chi connectivity index (χ0v) is 21.1. The number of nitrogens with zero attached hydrogens (tertiary/aromatic N) is 3. The van der Waals surface area contributed by atoms with Gasteiger partial charge in [-0.1, -0.05) is 30.3 Å². The third-order valence-corrected chi connectivity index (χ3v) is 4.60. The van der Waals surface area contributed by atoms with E-state index in [1.165, 1.54) is 0 Å². The number of benzene rings is 2. The molecule has 0 aliphatic carbocycles. The first-order valence-corrected chi connectivity index (χ1v) is 10.6. The van der Waals surface area contributed by atoms with E-state index in [4.69, 9.17) is 9.73 Å². The fraction of sp³-hybridized carbons (Fsp3) is 0.333. The second-order valence-electron chi connectivity index (χ2n) is 7.43. The molecule has 1 atom stereocenters. The minimum atomic E-state index is -0.683. The third kappa shape index (κ3) is 7.52. The number of aromatic nitrogens is 2. The summed E-state index contributed by atoms with van der Waals surface area (Å²) >= 11 is 0. The number of ether oxygens (including phenoxy) is 1. The summed E-state index contributed by atoms with van der Waals surface area (Å²) < 4.78 is 7.70. The average molecular weight is 549 g/mol. The molecule has 172 valence electrons. The molecular weight excluding hydrogens is 517 g/mol. The van der Waals surface area contributed by atoms with Crippen LogP contribution in [0.25, 0.3) is 5.69 Å². The molecule has 1 unspecified atom stereocenters. The number of nitrogens with one attached hydrogen (secondary N) is 2. The molecule has 0 spiro atoms. The van der Waals surface area contributed by atoms with Crippen LogP contribution in [0.5, 0.6) is 5.75 Å². The molecule has 0 saturated heterocycles. The molecule has 3 rings (SSSR count). The van der Waals surface area contributed by atoms with Gasteiger partial charge in [-0.05, 0) is 50.1 Å². The molecule has 2 aromatic carbocycles. The maximum Gasteiger partial charge on any atom is 0.191 e. The van der Waals surface area contributed by atoms with Crippen LogP contribution in [-0.4, -0.2) is 39.8 Å². The summed E-state index contributed by atoms with van der Waals surface area (Å²) in [5.41, 5.74) is 2.92. The van der Waals surface area contributed by atoms with Crippen LogP contribution < -0.4 is 15.4 Å². The molecule has 0 fully saturated rings. The SMILES string of the molecule is CCNC(=NCc1ccccc1-n1ccnc1)NCC(O)c1cccc(OC(C)C)c1.I. The standard InChI is InChI=1S/C24H31N5O2.HI/c1-4-26-24(27-15-20-8-5-6-11-22(20)29-13-12-25-17-29)28-16-23(30)19-9-7-10-21(14-19)31-18(2)3;/h5-14,17-18,23,30H,4,15-16H2,1-3H3,(H2,26,27,28);1H. The Bertz CT molecular complexity index is 976. The Kier molecular flexibility index (Phi) is 10.5. The molecule has 0 radical (unpaired) electrons. The molecule has 0 saturated carbocycles. The van der Waals surface area contributed by atoms with E-state index >= 15 is 0 Å². The summed E-state index contributed by atoms with van der Waals surface area (Å²) in [6.45, 7) is 7.53. The van der Waals surface area contributed by atoms with E-state index in [1.807, 2.05) is 74.0 Å². The van der Waals surface area contributed by atoms with Crippen LogP contribution in [0.2, 0.25) is 0 Å². The van der Waals surface area contributed by atoms with Gasteiger partial charge in [0, 0.05) is 25.5 Å². The highest BCUT2D eigenvalue weighted by Crippen LogP contribution is 2.20. The summed E-state index contributed by atoms with van der Waals surface area (Å²) in [6.07, 6.45) is 4.86. The highest BCUT2D eigenvalue weighted by molar-refractivity contribution is 14.0. The maximum atomic E-state index is 10.6. The maximum absolute atomic E-state index is 10.6. The smallest absolute Gasteiger partial charge is 0.191 e. The van der Waals surface area contributed by atoms with Gasteiger partial charge in [0.1, 0.15) is 5.75 Å². The van der Waals surface area contributed by atoms with Crippen molar-refractivity contribution in [1.29, 1.82) is 0 Å². The molecular formula is C24H32IN5O2. The van der Waals surface area contributed by atoms with Gasteiger partial charge < -0.3 is 25.0 Å². The summed E-state index contributed by atoms with van der Waals surface area (Å²) in [5.74, 6) is 1.40. The topological polar surface area (TPSA) is 83.7 Å². The number of aliphatic hydroxyl groups excluding tert-OH is 1. The predicted octanol–water partition coefficient (Wildman–Crippen LogP) is 4.07. The fourth-order valence-electron chi connectivity index (χ4n) is 3.18. The molecule has 3 N–H and O–H groups in total. The lowest BCUT2D eigenvalue weighted by Crippen LogP contribution is -2.39. The van der Waals surface area contributed by atoms with Crippen LogP contribution in [0.15, 0.2) is 72.2 Å². The molecule has 0 aliphatic heterocycles. The van der Waals surface area contributed by atoms with E-state index in [-0.39, 0.29) is 30.1 Å².